The molecule has 0 aliphatic carbocycles. The smallest absolute Gasteiger partial charge is 0.211 e. The van der Waals surface area contributed by atoms with Crippen LogP contribution in [0.1, 0.15) is 51.3 Å². The lowest BCUT2D eigenvalue weighted by molar-refractivity contribution is 0.377. The molecule has 1 aromatic heterocycles. The highest BCUT2D eigenvalue weighted by Gasteiger charge is 2.16. The summed E-state index contributed by atoms with van der Waals surface area (Å²) >= 11 is 0. The number of hydrogen-bond donors (Lipinski definition) is 1. The SMILES string of the molecule is CC(N)c1ncc(C(C)C(C)C)o1. The van der Waals surface area contributed by atoms with Gasteiger partial charge < -0.3 is 10.2 Å². The van der Waals surface area contributed by atoms with Crippen molar-refractivity contribution in [2.75, 3.05) is 0 Å². The van der Waals surface area contributed by atoms with Gasteiger partial charge in [-0.1, -0.05) is 20.8 Å². The Labute approximate surface area is 79.3 Å². The summed E-state index contributed by atoms with van der Waals surface area (Å²) in [7, 11) is 0. The van der Waals surface area contributed by atoms with Gasteiger partial charge in [-0.25, -0.2) is 4.98 Å². The van der Waals surface area contributed by atoms with Crippen molar-refractivity contribution >= 4 is 0 Å². The minimum Gasteiger partial charge on any atom is -0.444 e. The second-order valence-corrected chi connectivity index (χ2v) is 3.92. The maximum absolute atomic E-state index is 5.65. The van der Waals surface area contributed by atoms with Gasteiger partial charge in [0.25, 0.3) is 0 Å². The molecular weight excluding hydrogens is 164 g/mol. The van der Waals surface area contributed by atoms with Crippen LogP contribution >= 0.6 is 0 Å². The summed E-state index contributed by atoms with van der Waals surface area (Å²) < 4.78 is 5.53. The monoisotopic (exact) mass is 182 g/mol. The molecule has 0 aliphatic heterocycles. The zero-order valence-corrected chi connectivity index (χ0v) is 8.74. The van der Waals surface area contributed by atoms with Crippen molar-refractivity contribution in [3.63, 3.8) is 0 Å². The Kier molecular flexibility index (Phi) is 3.09. The zero-order chi connectivity index (χ0) is 10.0. The Bertz CT molecular complexity index is 266. The van der Waals surface area contributed by atoms with Crippen molar-refractivity contribution < 1.29 is 4.42 Å². The molecule has 0 aliphatic rings. The van der Waals surface area contributed by atoms with Crippen LogP contribution < -0.4 is 5.73 Å². The molecule has 74 valence electrons. The average Bonchev–Trinajstić information content (AvgIpc) is 2.50. The van der Waals surface area contributed by atoms with Crippen molar-refractivity contribution in [2.24, 2.45) is 11.7 Å². The largest absolute Gasteiger partial charge is 0.444 e. The van der Waals surface area contributed by atoms with Gasteiger partial charge >= 0.3 is 0 Å². The maximum atomic E-state index is 5.65. The highest BCUT2D eigenvalue weighted by atomic mass is 16.4. The first-order valence-corrected chi connectivity index (χ1v) is 4.73. The van der Waals surface area contributed by atoms with Gasteiger partial charge in [0.05, 0.1) is 12.2 Å². The molecule has 0 amide bonds. The van der Waals surface area contributed by atoms with Crippen LogP contribution in [-0.4, -0.2) is 4.98 Å². The molecule has 13 heavy (non-hydrogen) atoms. The molecule has 0 aromatic carbocycles. The number of nitrogens with zero attached hydrogens (tertiary/aromatic N) is 1. The third kappa shape index (κ3) is 2.31. The van der Waals surface area contributed by atoms with Gasteiger partial charge in [-0.15, -0.1) is 0 Å². The van der Waals surface area contributed by atoms with Crippen LogP contribution in [0.2, 0.25) is 0 Å². The van der Waals surface area contributed by atoms with E-state index in [4.69, 9.17) is 10.2 Å². The fourth-order valence-electron chi connectivity index (χ4n) is 1.05. The van der Waals surface area contributed by atoms with Gasteiger partial charge in [0.15, 0.2) is 0 Å². The fourth-order valence-corrected chi connectivity index (χ4v) is 1.05. The van der Waals surface area contributed by atoms with Crippen LogP contribution in [0.3, 0.4) is 0 Å². The van der Waals surface area contributed by atoms with Crippen LogP contribution in [0.25, 0.3) is 0 Å². The summed E-state index contributed by atoms with van der Waals surface area (Å²) in [5.41, 5.74) is 5.65. The Balaban J connectivity index is 2.79. The quantitative estimate of drug-likeness (QED) is 0.781. The molecule has 0 spiro atoms. The summed E-state index contributed by atoms with van der Waals surface area (Å²) in [6.45, 7) is 8.34. The standard InChI is InChI=1S/C10H18N2O/c1-6(2)7(3)9-5-12-10(13-9)8(4)11/h5-8H,11H2,1-4H3. The lowest BCUT2D eigenvalue weighted by atomic mass is 9.96. The summed E-state index contributed by atoms with van der Waals surface area (Å²) in [4.78, 5) is 4.13. The lowest BCUT2D eigenvalue weighted by Crippen LogP contribution is -2.05. The molecule has 0 bridgehead atoms. The normalized spacial score (nSPS) is 16.2. The van der Waals surface area contributed by atoms with Crippen molar-refractivity contribution in [3.05, 3.63) is 17.8 Å². The molecular formula is C10H18N2O. The second kappa shape index (κ2) is 3.92. The number of nitrogens with two attached hydrogens (primary N) is 1. The van der Waals surface area contributed by atoms with Gasteiger partial charge in [0, 0.05) is 5.92 Å². The molecule has 1 aromatic rings. The first-order chi connectivity index (χ1) is 6.02. The molecule has 2 atom stereocenters. The van der Waals surface area contributed by atoms with Crippen LogP contribution in [0.4, 0.5) is 0 Å². The first-order valence-electron chi connectivity index (χ1n) is 4.73. The van der Waals surface area contributed by atoms with Gasteiger partial charge in [-0.3, -0.25) is 0 Å². The van der Waals surface area contributed by atoms with E-state index in [0.29, 0.717) is 17.7 Å². The van der Waals surface area contributed by atoms with Gasteiger partial charge in [-0.05, 0) is 12.8 Å². The molecule has 1 heterocycles. The number of oxazole rings is 1. The van der Waals surface area contributed by atoms with Crippen molar-refractivity contribution in [2.45, 2.75) is 39.7 Å². The predicted octanol–water partition coefficient (Wildman–Crippen LogP) is 2.45. The van der Waals surface area contributed by atoms with Gasteiger partial charge in [0.1, 0.15) is 5.76 Å². The first kappa shape index (κ1) is 10.3. The molecule has 0 radical (unpaired) electrons. The van der Waals surface area contributed by atoms with Gasteiger partial charge in [-0.2, -0.15) is 0 Å². The molecule has 2 unspecified atom stereocenters. The fraction of sp³-hybridized carbons (Fsp3) is 0.700. The highest BCUT2D eigenvalue weighted by molar-refractivity contribution is 5.02. The predicted molar refractivity (Wildman–Crippen MR) is 52.4 cm³/mol. The molecule has 0 saturated heterocycles. The van der Waals surface area contributed by atoms with E-state index in [0.717, 1.165) is 5.76 Å². The summed E-state index contributed by atoms with van der Waals surface area (Å²) in [6.07, 6.45) is 1.78. The number of hydrogen-bond acceptors (Lipinski definition) is 3. The zero-order valence-electron chi connectivity index (χ0n) is 8.74. The van der Waals surface area contributed by atoms with E-state index in [1.807, 2.05) is 6.92 Å². The van der Waals surface area contributed by atoms with Crippen molar-refractivity contribution in [1.82, 2.24) is 4.98 Å². The van der Waals surface area contributed by atoms with Crippen LogP contribution in [0.15, 0.2) is 10.6 Å². The minimum atomic E-state index is -0.117. The Morgan fingerprint density at radius 2 is 1.92 bits per heavy atom. The number of rotatable bonds is 3. The second-order valence-electron chi connectivity index (χ2n) is 3.92. The Hall–Kier alpha value is -0.830. The van der Waals surface area contributed by atoms with Crippen LogP contribution in [0, 0.1) is 5.92 Å². The molecule has 2 N–H and O–H groups in total. The van der Waals surface area contributed by atoms with E-state index in [-0.39, 0.29) is 6.04 Å². The highest BCUT2D eigenvalue weighted by Crippen LogP contribution is 2.25. The van der Waals surface area contributed by atoms with E-state index >= 15 is 0 Å². The maximum Gasteiger partial charge on any atom is 0.211 e. The third-order valence-corrected chi connectivity index (χ3v) is 2.38. The topological polar surface area (TPSA) is 52.0 Å². The van der Waals surface area contributed by atoms with Crippen LogP contribution in [-0.2, 0) is 0 Å². The average molecular weight is 182 g/mol. The van der Waals surface area contributed by atoms with E-state index in [1.54, 1.807) is 6.20 Å². The summed E-state index contributed by atoms with van der Waals surface area (Å²) in [6, 6.07) is -0.117. The summed E-state index contributed by atoms with van der Waals surface area (Å²) in [5.74, 6) is 2.53. The molecule has 0 fully saturated rings. The minimum absolute atomic E-state index is 0.117. The summed E-state index contributed by atoms with van der Waals surface area (Å²) in [5, 5.41) is 0. The van der Waals surface area contributed by atoms with E-state index in [2.05, 4.69) is 25.8 Å². The van der Waals surface area contributed by atoms with E-state index in [9.17, 15) is 0 Å². The van der Waals surface area contributed by atoms with Crippen molar-refractivity contribution in [1.29, 1.82) is 0 Å². The number of aromatic nitrogens is 1. The molecule has 3 heteroatoms. The Morgan fingerprint density at radius 3 is 2.31 bits per heavy atom. The third-order valence-electron chi connectivity index (χ3n) is 2.38. The lowest BCUT2D eigenvalue weighted by Gasteiger charge is -2.11. The van der Waals surface area contributed by atoms with E-state index in [1.165, 1.54) is 0 Å². The van der Waals surface area contributed by atoms with Crippen LogP contribution in [0.5, 0.6) is 0 Å². The Morgan fingerprint density at radius 1 is 1.31 bits per heavy atom. The molecule has 3 nitrogen and oxygen atoms in total. The molecule has 0 saturated carbocycles. The van der Waals surface area contributed by atoms with E-state index < -0.39 is 0 Å². The molecule has 1 rings (SSSR count). The van der Waals surface area contributed by atoms with Gasteiger partial charge in [0.2, 0.25) is 5.89 Å². The van der Waals surface area contributed by atoms with Crippen molar-refractivity contribution in [3.8, 4) is 0 Å².